The predicted molar refractivity (Wildman–Crippen MR) is 139 cm³/mol. The van der Waals surface area contributed by atoms with Gasteiger partial charge in [-0.3, -0.25) is 0 Å². The molecular weight excluding hydrogens is 486 g/mol. The van der Waals surface area contributed by atoms with Crippen molar-refractivity contribution >= 4 is 35.1 Å². The Morgan fingerprint density at radius 1 is 1.08 bits per heavy atom. The van der Waals surface area contributed by atoms with Crippen LogP contribution in [0.15, 0.2) is 16.5 Å². The van der Waals surface area contributed by atoms with Gasteiger partial charge in [0.1, 0.15) is 17.7 Å². The van der Waals surface area contributed by atoms with Gasteiger partial charge in [0.2, 0.25) is 11.8 Å². The van der Waals surface area contributed by atoms with Gasteiger partial charge in [-0.15, -0.1) is 12.4 Å². The van der Waals surface area contributed by atoms with Crippen molar-refractivity contribution in [3.05, 3.63) is 23.5 Å². The molecule has 0 bridgehead atoms. The van der Waals surface area contributed by atoms with Crippen LogP contribution >= 0.6 is 12.4 Å². The lowest BCUT2D eigenvalue weighted by Gasteiger charge is -2.21. The van der Waals surface area contributed by atoms with Gasteiger partial charge in [0.25, 0.3) is 0 Å². The van der Waals surface area contributed by atoms with Crippen molar-refractivity contribution in [2.24, 2.45) is 11.8 Å². The van der Waals surface area contributed by atoms with Crippen molar-refractivity contribution in [1.29, 1.82) is 0 Å². The maximum absolute atomic E-state index is 10.6. The summed E-state index contributed by atoms with van der Waals surface area (Å²) in [7, 11) is 0. The molecule has 4 atom stereocenters. The van der Waals surface area contributed by atoms with E-state index in [0.717, 1.165) is 11.9 Å². The Kier molecular flexibility index (Phi) is 7.89. The van der Waals surface area contributed by atoms with Crippen molar-refractivity contribution in [3.8, 4) is 17.2 Å². The number of aliphatic hydroxyl groups is 3. The Hall–Kier alpha value is -2.66. The molecule has 3 aromatic rings. The molecule has 0 amide bonds. The summed E-state index contributed by atoms with van der Waals surface area (Å²) in [4.78, 5) is 13.9. The normalized spacial score (nSPS) is 23.5. The number of aromatic nitrogens is 3. The van der Waals surface area contributed by atoms with E-state index in [4.69, 9.17) is 14.1 Å². The van der Waals surface area contributed by atoms with Crippen LogP contribution in [-0.2, 0) is 0 Å². The third kappa shape index (κ3) is 5.22. The summed E-state index contributed by atoms with van der Waals surface area (Å²) in [6, 6.07) is 3.28. The molecule has 2 saturated carbocycles. The number of fused-ring (bicyclic) bond motifs is 1. The molecule has 0 spiro atoms. The summed E-state index contributed by atoms with van der Waals surface area (Å²) in [6.07, 6.45) is 0.787. The zero-order valence-corrected chi connectivity index (χ0v) is 21.5. The van der Waals surface area contributed by atoms with E-state index in [1.54, 1.807) is 0 Å². The fraction of sp³-hybridized carbons (Fsp3) is 0.560. The first-order valence-corrected chi connectivity index (χ1v) is 12.3. The summed E-state index contributed by atoms with van der Waals surface area (Å²) in [5.41, 5.74) is 2.75. The van der Waals surface area contributed by atoms with E-state index in [0.29, 0.717) is 64.9 Å². The van der Waals surface area contributed by atoms with Gasteiger partial charge < -0.3 is 35.1 Å². The highest BCUT2D eigenvalue weighted by Gasteiger charge is 2.41. The van der Waals surface area contributed by atoms with Crippen LogP contribution in [0.3, 0.4) is 0 Å². The Balaban J connectivity index is 0.00000304. The van der Waals surface area contributed by atoms with Crippen molar-refractivity contribution in [1.82, 2.24) is 15.0 Å². The van der Waals surface area contributed by atoms with Crippen LogP contribution in [0.5, 0.6) is 5.88 Å². The molecule has 3 aromatic heterocycles. The zero-order valence-electron chi connectivity index (χ0n) is 20.7. The molecule has 36 heavy (non-hydrogen) atoms. The SMILES string of the molecule is CCOc1cc2cc(-c3c(C)nc(NCC4CC4)nc3N[C@@H]3C[C@H](CO)[C@@H](O)[C@H]3O)oc2c(C)n1.Cl. The van der Waals surface area contributed by atoms with Crippen LogP contribution in [0.4, 0.5) is 11.8 Å². The molecule has 0 aromatic carbocycles. The van der Waals surface area contributed by atoms with Gasteiger partial charge in [-0.25, -0.2) is 9.97 Å². The van der Waals surface area contributed by atoms with Crippen LogP contribution in [0, 0.1) is 25.7 Å². The second-order valence-corrected chi connectivity index (χ2v) is 9.60. The smallest absolute Gasteiger partial charge is 0.224 e. The molecule has 5 N–H and O–H groups in total. The molecule has 10 nitrogen and oxygen atoms in total. The lowest BCUT2D eigenvalue weighted by molar-refractivity contribution is 0.00446. The average Bonchev–Trinajstić information content (AvgIpc) is 3.50. The first kappa shape index (κ1) is 26.4. The lowest BCUT2D eigenvalue weighted by atomic mass is 10.1. The van der Waals surface area contributed by atoms with Crippen molar-refractivity contribution < 1.29 is 24.5 Å². The molecule has 11 heteroatoms. The van der Waals surface area contributed by atoms with Crippen molar-refractivity contribution in [2.45, 2.75) is 58.3 Å². The largest absolute Gasteiger partial charge is 0.478 e. The minimum Gasteiger partial charge on any atom is -0.478 e. The molecular formula is C25H34ClN5O5. The maximum Gasteiger partial charge on any atom is 0.224 e. The molecule has 2 aliphatic carbocycles. The molecule has 5 rings (SSSR count). The lowest BCUT2D eigenvalue weighted by Crippen LogP contribution is -2.35. The zero-order chi connectivity index (χ0) is 24.7. The first-order chi connectivity index (χ1) is 16.9. The van der Waals surface area contributed by atoms with Crippen LogP contribution < -0.4 is 15.4 Å². The number of aliphatic hydroxyl groups excluding tert-OH is 3. The van der Waals surface area contributed by atoms with E-state index in [2.05, 4.69) is 20.6 Å². The third-order valence-corrected chi connectivity index (χ3v) is 6.88. The highest BCUT2D eigenvalue weighted by molar-refractivity contribution is 5.88. The minimum absolute atomic E-state index is 0. The Morgan fingerprint density at radius 3 is 2.53 bits per heavy atom. The number of ether oxygens (including phenoxy) is 1. The van der Waals surface area contributed by atoms with Gasteiger partial charge in [-0.05, 0) is 52.0 Å². The standard InChI is InChI=1S/C25H33N5O5.ClH/c1-4-34-19-9-15-8-18(35-23(15)13(3)27-19)20-12(2)28-25(26-10-14-5-6-14)30-24(20)29-17-7-16(11-31)21(32)22(17)33;/h8-9,14,16-17,21-22,31-33H,4-7,10-11H2,1-3H3,(H2,26,28,29,30);1H/t16-,17-,21-,22+;/m1./s1. The van der Waals surface area contributed by atoms with E-state index in [9.17, 15) is 15.3 Å². The van der Waals surface area contributed by atoms with E-state index < -0.39 is 24.2 Å². The quantitative estimate of drug-likeness (QED) is 0.286. The van der Waals surface area contributed by atoms with Gasteiger partial charge in [-0.2, -0.15) is 4.98 Å². The molecule has 3 heterocycles. The Labute approximate surface area is 215 Å². The highest BCUT2D eigenvalue weighted by atomic mass is 35.5. The van der Waals surface area contributed by atoms with Gasteiger partial charge in [0.15, 0.2) is 5.58 Å². The molecule has 2 fully saturated rings. The summed E-state index contributed by atoms with van der Waals surface area (Å²) < 4.78 is 11.8. The van der Waals surface area contributed by atoms with E-state index in [-0.39, 0.29) is 19.0 Å². The van der Waals surface area contributed by atoms with E-state index in [1.807, 2.05) is 32.9 Å². The van der Waals surface area contributed by atoms with Crippen molar-refractivity contribution in [3.63, 3.8) is 0 Å². The number of furan rings is 1. The number of halogens is 1. The number of pyridine rings is 1. The van der Waals surface area contributed by atoms with Gasteiger partial charge in [-0.1, -0.05) is 0 Å². The second-order valence-electron chi connectivity index (χ2n) is 9.60. The predicted octanol–water partition coefficient (Wildman–Crippen LogP) is 3.06. The fourth-order valence-corrected chi connectivity index (χ4v) is 4.75. The van der Waals surface area contributed by atoms with Gasteiger partial charge in [0.05, 0.1) is 35.7 Å². The first-order valence-electron chi connectivity index (χ1n) is 12.3. The number of anilines is 2. The van der Waals surface area contributed by atoms with Crippen molar-refractivity contribution in [2.75, 3.05) is 30.4 Å². The Morgan fingerprint density at radius 2 is 1.86 bits per heavy atom. The third-order valence-electron chi connectivity index (χ3n) is 6.88. The summed E-state index contributed by atoms with van der Waals surface area (Å²) in [5, 5.41) is 38.0. The number of hydrogen-bond acceptors (Lipinski definition) is 10. The summed E-state index contributed by atoms with van der Waals surface area (Å²) >= 11 is 0. The van der Waals surface area contributed by atoms with Crippen LogP contribution in [-0.4, -0.2) is 68.3 Å². The fourth-order valence-electron chi connectivity index (χ4n) is 4.75. The molecule has 0 saturated heterocycles. The van der Waals surface area contributed by atoms with E-state index >= 15 is 0 Å². The number of rotatable bonds is 9. The monoisotopic (exact) mass is 519 g/mol. The topological polar surface area (TPSA) is 146 Å². The van der Waals surface area contributed by atoms with Crippen LogP contribution in [0.2, 0.25) is 0 Å². The second kappa shape index (κ2) is 10.8. The highest BCUT2D eigenvalue weighted by Crippen LogP contribution is 2.38. The molecule has 0 aliphatic heterocycles. The Bertz CT molecular complexity index is 1220. The molecule has 0 unspecified atom stereocenters. The minimum atomic E-state index is -1.03. The summed E-state index contributed by atoms with van der Waals surface area (Å²) in [6.45, 7) is 6.81. The average molecular weight is 520 g/mol. The van der Waals surface area contributed by atoms with Gasteiger partial charge >= 0.3 is 0 Å². The van der Waals surface area contributed by atoms with E-state index in [1.165, 1.54) is 12.8 Å². The molecule has 2 aliphatic rings. The number of aryl methyl sites for hydroxylation is 2. The van der Waals surface area contributed by atoms with Crippen LogP contribution in [0.25, 0.3) is 22.3 Å². The van der Waals surface area contributed by atoms with Crippen LogP contribution in [0.1, 0.15) is 37.6 Å². The summed E-state index contributed by atoms with van der Waals surface area (Å²) in [5.74, 6) is 2.35. The number of nitrogens with one attached hydrogen (secondary N) is 2. The van der Waals surface area contributed by atoms with Gasteiger partial charge in [0, 0.05) is 30.5 Å². The number of hydrogen-bond donors (Lipinski definition) is 5. The number of nitrogens with zero attached hydrogens (tertiary/aromatic N) is 3. The molecule has 196 valence electrons. The maximum atomic E-state index is 10.6. The molecule has 0 radical (unpaired) electrons.